The quantitative estimate of drug-likeness (QED) is 0.446. The fourth-order valence-corrected chi connectivity index (χ4v) is 3.13. The van der Waals surface area contributed by atoms with Gasteiger partial charge in [-0.3, -0.25) is 0 Å². The van der Waals surface area contributed by atoms with Crippen LogP contribution >= 0.6 is 0 Å². The number of fused-ring (bicyclic) bond motifs is 2. The van der Waals surface area contributed by atoms with Crippen molar-refractivity contribution in [2.24, 2.45) is 11.8 Å². The van der Waals surface area contributed by atoms with Crippen LogP contribution in [0.4, 0.5) is 13.2 Å². The van der Waals surface area contributed by atoms with Crippen LogP contribution < -0.4 is 0 Å². The minimum absolute atomic E-state index is 0.0506. The van der Waals surface area contributed by atoms with E-state index in [0.717, 1.165) is 0 Å². The summed E-state index contributed by atoms with van der Waals surface area (Å²) in [6.45, 7) is 7.42. The van der Waals surface area contributed by atoms with Gasteiger partial charge in [-0.05, 0) is 24.0 Å². The standard InChI is InChI=1S/C14H19F3O4S/c1-9(2)12-5-6-13(21-12,10(3)4)8-11(7-12)20-22(18,19)14(15,16)17/h5-7,9-10H,8H2,1-4H3. The predicted molar refractivity (Wildman–Crippen MR) is 74.1 cm³/mol. The Hall–Kier alpha value is -1.02. The van der Waals surface area contributed by atoms with Gasteiger partial charge in [0.1, 0.15) is 11.4 Å². The highest BCUT2D eigenvalue weighted by Gasteiger charge is 2.54. The molecule has 126 valence electrons. The molecule has 0 aromatic rings. The molecule has 2 aliphatic rings. The topological polar surface area (TPSA) is 52.6 Å². The molecule has 0 N–H and O–H groups in total. The Morgan fingerprint density at radius 2 is 1.77 bits per heavy atom. The molecule has 0 spiro atoms. The minimum atomic E-state index is -5.67. The number of halogens is 3. The second kappa shape index (κ2) is 4.99. The smallest absolute Gasteiger partial charge is 0.381 e. The van der Waals surface area contributed by atoms with Crippen molar-refractivity contribution >= 4 is 10.1 Å². The van der Waals surface area contributed by atoms with Crippen LogP contribution in [0.15, 0.2) is 24.0 Å². The molecule has 0 radical (unpaired) electrons. The maximum atomic E-state index is 12.5. The van der Waals surface area contributed by atoms with Crippen LogP contribution in [-0.4, -0.2) is 25.1 Å². The van der Waals surface area contributed by atoms with Crippen LogP contribution in [0.25, 0.3) is 0 Å². The summed E-state index contributed by atoms with van der Waals surface area (Å²) in [7, 11) is -5.67. The van der Waals surface area contributed by atoms with Crippen molar-refractivity contribution in [3.05, 3.63) is 24.0 Å². The van der Waals surface area contributed by atoms with Gasteiger partial charge in [-0.1, -0.05) is 33.8 Å². The second-order valence-corrected chi connectivity index (χ2v) is 7.86. The van der Waals surface area contributed by atoms with Gasteiger partial charge in [0.15, 0.2) is 0 Å². The van der Waals surface area contributed by atoms with E-state index in [1.807, 2.05) is 27.7 Å². The molecule has 4 nitrogen and oxygen atoms in total. The molecule has 8 heteroatoms. The van der Waals surface area contributed by atoms with Crippen molar-refractivity contribution in [3.8, 4) is 0 Å². The molecule has 2 heterocycles. The highest BCUT2D eigenvalue weighted by Crippen LogP contribution is 2.49. The molecule has 2 aliphatic heterocycles. The van der Waals surface area contributed by atoms with E-state index in [2.05, 4.69) is 4.18 Å². The highest BCUT2D eigenvalue weighted by atomic mass is 32.2. The monoisotopic (exact) mass is 340 g/mol. The summed E-state index contributed by atoms with van der Waals surface area (Å²) >= 11 is 0. The number of ether oxygens (including phenoxy) is 1. The van der Waals surface area contributed by atoms with Crippen molar-refractivity contribution in [1.82, 2.24) is 0 Å². The Morgan fingerprint density at radius 3 is 2.23 bits per heavy atom. The molecule has 0 aromatic carbocycles. The molecule has 0 fully saturated rings. The first-order chi connectivity index (χ1) is 9.84. The van der Waals surface area contributed by atoms with E-state index >= 15 is 0 Å². The van der Waals surface area contributed by atoms with Gasteiger partial charge in [0.2, 0.25) is 0 Å². The van der Waals surface area contributed by atoms with Gasteiger partial charge < -0.3 is 8.92 Å². The van der Waals surface area contributed by atoms with Gasteiger partial charge in [-0.15, -0.1) is 0 Å². The van der Waals surface area contributed by atoms with E-state index in [0.29, 0.717) is 0 Å². The van der Waals surface area contributed by atoms with Crippen LogP contribution in [0.2, 0.25) is 0 Å². The summed E-state index contributed by atoms with van der Waals surface area (Å²) in [5, 5.41) is 0. The third kappa shape index (κ3) is 2.67. The van der Waals surface area contributed by atoms with Crippen LogP contribution in [0, 0.1) is 11.8 Å². The lowest BCUT2D eigenvalue weighted by Crippen LogP contribution is -2.46. The predicted octanol–water partition coefficient (Wildman–Crippen LogP) is 3.52. The number of rotatable bonds is 4. The Labute approximate surface area is 128 Å². The zero-order valence-electron chi connectivity index (χ0n) is 12.8. The van der Waals surface area contributed by atoms with Gasteiger partial charge in [0.25, 0.3) is 0 Å². The molecular formula is C14H19F3O4S. The largest absolute Gasteiger partial charge is 0.534 e. The third-order valence-corrected chi connectivity index (χ3v) is 5.21. The Balaban J connectivity index is 2.41. The highest BCUT2D eigenvalue weighted by molar-refractivity contribution is 7.87. The first-order valence-electron chi connectivity index (χ1n) is 6.97. The summed E-state index contributed by atoms with van der Waals surface area (Å²) in [5.74, 6) is -0.363. The minimum Gasteiger partial charge on any atom is -0.381 e. The second-order valence-electron chi connectivity index (χ2n) is 6.32. The fraction of sp³-hybridized carbons (Fsp3) is 0.714. The molecule has 2 rings (SSSR count). The van der Waals surface area contributed by atoms with Crippen LogP contribution in [-0.2, 0) is 19.0 Å². The van der Waals surface area contributed by atoms with E-state index in [4.69, 9.17) is 4.74 Å². The van der Waals surface area contributed by atoms with E-state index in [1.165, 1.54) is 6.08 Å². The molecule has 0 aromatic heterocycles. The van der Waals surface area contributed by atoms with Crippen molar-refractivity contribution in [2.45, 2.75) is 50.8 Å². The van der Waals surface area contributed by atoms with E-state index < -0.39 is 26.8 Å². The van der Waals surface area contributed by atoms with E-state index in [-0.39, 0.29) is 24.0 Å². The fourth-order valence-electron chi connectivity index (χ4n) is 2.65. The number of hydrogen-bond acceptors (Lipinski definition) is 4. The molecule has 22 heavy (non-hydrogen) atoms. The maximum Gasteiger partial charge on any atom is 0.534 e. The van der Waals surface area contributed by atoms with E-state index in [1.54, 1.807) is 12.2 Å². The third-order valence-electron chi connectivity index (χ3n) is 4.21. The lowest BCUT2D eigenvalue weighted by molar-refractivity contribution is -0.122. The number of hydrogen-bond donors (Lipinski definition) is 0. The maximum absolute atomic E-state index is 12.5. The average molecular weight is 340 g/mol. The average Bonchev–Trinajstić information content (AvgIpc) is 2.62. The normalized spacial score (nSPS) is 31.8. The molecule has 2 bridgehead atoms. The van der Waals surface area contributed by atoms with E-state index in [9.17, 15) is 21.6 Å². The lowest BCUT2D eigenvalue weighted by atomic mass is 9.84. The molecule has 0 amide bonds. The summed E-state index contributed by atoms with van der Waals surface area (Å²) < 4.78 is 70.5. The zero-order valence-corrected chi connectivity index (χ0v) is 13.6. The van der Waals surface area contributed by atoms with Crippen molar-refractivity contribution in [3.63, 3.8) is 0 Å². The lowest BCUT2D eigenvalue weighted by Gasteiger charge is -2.43. The Morgan fingerprint density at radius 1 is 1.18 bits per heavy atom. The van der Waals surface area contributed by atoms with Gasteiger partial charge in [0.05, 0.1) is 5.60 Å². The summed E-state index contributed by atoms with van der Waals surface area (Å²) in [4.78, 5) is 0. The summed E-state index contributed by atoms with van der Waals surface area (Å²) in [5.41, 5.74) is -7.25. The van der Waals surface area contributed by atoms with Gasteiger partial charge >= 0.3 is 15.6 Å². The Kier molecular flexibility index (Phi) is 3.93. The molecule has 2 atom stereocenters. The molecule has 0 aliphatic carbocycles. The molecule has 0 saturated heterocycles. The van der Waals surface area contributed by atoms with Crippen molar-refractivity contribution in [1.29, 1.82) is 0 Å². The Bertz CT molecular complexity index is 618. The van der Waals surface area contributed by atoms with Gasteiger partial charge in [-0.2, -0.15) is 21.6 Å². The van der Waals surface area contributed by atoms with Crippen molar-refractivity contribution in [2.75, 3.05) is 0 Å². The zero-order chi connectivity index (χ0) is 17.0. The van der Waals surface area contributed by atoms with Crippen LogP contribution in [0.3, 0.4) is 0 Å². The first-order valence-corrected chi connectivity index (χ1v) is 8.37. The molecular weight excluding hydrogens is 321 g/mol. The van der Waals surface area contributed by atoms with Crippen LogP contribution in [0.5, 0.6) is 0 Å². The SMILES string of the molecule is CC(C)C12C=CC(C(C)C)(CC(OS(=O)(=O)C(F)(F)F)=C1)O2. The van der Waals surface area contributed by atoms with Gasteiger partial charge in [0, 0.05) is 6.42 Å². The van der Waals surface area contributed by atoms with Crippen LogP contribution in [0.1, 0.15) is 34.1 Å². The molecule has 2 unspecified atom stereocenters. The van der Waals surface area contributed by atoms with Gasteiger partial charge in [-0.25, -0.2) is 0 Å². The van der Waals surface area contributed by atoms with Crippen molar-refractivity contribution < 1.29 is 30.5 Å². The number of alkyl halides is 3. The first kappa shape index (κ1) is 17.3. The summed E-state index contributed by atoms with van der Waals surface area (Å²) in [6.07, 6.45) is 4.86. The molecule has 0 saturated carbocycles. The summed E-state index contributed by atoms with van der Waals surface area (Å²) in [6, 6.07) is 0.